The molecule has 18 heavy (non-hydrogen) atoms. The molecule has 1 aliphatic heterocycles. The lowest BCUT2D eigenvalue weighted by atomic mass is 10.1. The maximum Gasteiger partial charge on any atom is 0.0524 e. The predicted octanol–water partition coefficient (Wildman–Crippen LogP) is 3.63. The Balaban J connectivity index is 1.85. The van der Waals surface area contributed by atoms with Crippen LogP contribution >= 0.6 is 38.5 Å². The summed E-state index contributed by atoms with van der Waals surface area (Å²) in [6.45, 7) is 4.55. The topological polar surface area (TPSA) is 15.3 Å². The molecule has 3 rings (SSSR count). The normalized spacial score (nSPS) is 28.5. The molecule has 1 saturated carbocycles. The van der Waals surface area contributed by atoms with E-state index in [-0.39, 0.29) is 0 Å². The molecule has 1 aromatic carbocycles. The van der Waals surface area contributed by atoms with Crippen LogP contribution in [0.3, 0.4) is 0 Å². The van der Waals surface area contributed by atoms with Gasteiger partial charge < -0.3 is 10.2 Å². The molecule has 1 N–H and O–H groups in total. The molecule has 1 aromatic rings. The molecule has 0 spiro atoms. The quantitative estimate of drug-likeness (QED) is 0.735. The molecule has 0 radical (unpaired) electrons. The second kappa shape index (κ2) is 5.29. The van der Waals surface area contributed by atoms with Gasteiger partial charge in [-0.2, -0.15) is 0 Å². The third kappa shape index (κ3) is 2.70. The summed E-state index contributed by atoms with van der Waals surface area (Å²) in [5.74, 6) is 0.918. The Morgan fingerprint density at radius 2 is 2.17 bits per heavy atom. The van der Waals surface area contributed by atoms with Crippen molar-refractivity contribution >= 4 is 44.2 Å². The molecule has 2 unspecified atom stereocenters. The highest BCUT2D eigenvalue weighted by Crippen LogP contribution is 2.37. The predicted molar refractivity (Wildman–Crippen MR) is 88.2 cm³/mol. The van der Waals surface area contributed by atoms with Gasteiger partial charge in [0.15, 0.2) is 0 Å². The van der Waals surface area contributed by atoms with Gasteiger partial charge in [0.05, 0.1) is 5.69 Å². The van der Waals surface area contributed by atoms with Crippen molar-refractivity contribution in [1.82, 2.24) is 5.32 Å². The zero-order valence-electron chi connectivity index (χ0n) is 10.5. The molecule has 0 bridgehead atoms. The molecule has 1 saturated heterocycles. The molecular weight excluding hydrogens is 403 g/mol. The standard InChI is InChI=1S/C14H18BrIN2/c1-9-7-17-13(10-2-3-10)8-18(9)14-6-11(16)4-5-12(14)15/h4-6,9-10,13,17H,2-3,7-8H2,1H3. The van der Waals surface area contributed by atoms with E-state index >= 15 is 0 Å². The van der Waals surface area contributed by atoms with Crippen LogP contribution in [0.2, 0.25) is 0 Å². The molecule has 2 atom stereocenters. The van der Waals surface area contributed by atoms with Crippen LogP contribution in [0.4, 0.5) is 5.69 Å². The second-order valence-electron chi connectivity index (χ2n) is 5.45. The van der Waals surface area contributed by atoms with Crippen molar-refractivity contribution in [2.24, 2.45) is 5.92 Å². The Morgan fingerprint density at radius 1 is 1.39 bits per heavy atom. The van der Waals surface area contributed by atoms with Gasteiger partial charge in [-0.3, -0.25) is 0 Å². The van der Waals surface area contributed by atoms with Crippen LogP contribution in [0.25, 0.3) is 0 Å². The van der Waals surface area contributed by atoms with Crippen molar-refractivity contribution < 1.29 is 0 Å². The number of hydrogen-bond acceptors (Lipinski definition) is 2. The number of nitrogens with one attached hydrogen (secondary N) is 1. The SMILES string of the molecule is CC1CNC(C2CC2)CN1c1cc(I)ccc1Br. The van der Waals surface area contributed by atoms with Crippen molar-refractivity contribution in [3.8, 4) is 0 Å². The highest BCUT2D eigenvalue weighted by Gasteiger charge is 2.36. The molecular formula is C14H18BrIN2. The fraction of sp³-hybridized carbons (Fsp3) is 0.571. The fourth-order valence-electron chi connectivity index (χ4n) is 2.74. The van der Waals surface area contributed by atoms with Gasteiger partial charge in [0.2, 0.25) is 0 Å². The highest BCUT2D eigenvalue weighted by molar-refractivity contribution is 14.1. The third-order valence-corrected chi connectivity index (χ3v) is 5.35. The van der Waals surface area contributed by atoms with Crippen LogP contribution in [0.1, 0.15) is 19.8 Å². The van der Waals surface area contributed by atoms with Crippen molar-refractivity contribution in [2.45, 2.75) is 31.8 Å². The van der Waals surface area contributed by atoms with Crippen LogP contribution in [-0.2, 0) is 0 Å². The summed E-state index contributed by atoms with van der Waals surface area (Å²) in [5, 5.41) is 3.71. The molecule has 4 heteroatoms. The second-order valence-corrected chi connectivity index (χ2v) is 7.55. The van der Waals surface area contributed by atoms with Gasteiger partial charge >= 0.3 is 0 Å². The zero-order chi connectivity index (χ0) is 12.7. The summed E-state index contributed by atoms with van der Waals surface area (Å²) in [6, 6.07) is 7.86. The van der Waals surface area contributed by atoms with Crippen molar-refractivity contribution in [3.63, 3.8) is 0 Å². The van der Waals surface area contributed by atoms with E-state index in [1.165, 1.54) is 26.6 Å². The number of benzene rings is 1. The number of hydrogen-bond donors (Lipinski definition) is 1. The first-order valence-corrected chi connectivity index (χ1v) is 8.47. The Hall–Kier alpha value is 0.190. The Labute approximate surface area is 131 Å². The summed E-state index contributed by atoms with van der Waals surface area (Å²) < 4.78 is 2.52. The molecule has 2 fully saturated rings. The van der Waals surface area contributed by atoms with Gasteiger partial charge in [-0.1, -0.05) is 0 Å². The highest BCUT2D eigenvalue weighted by atomic mass is 127. The Kier molecular flexibility index (Phi) is 3.87. The monoisotopic (exact) mass is 420 g/mol. The van der Waals surface area contributed by atoms with E-state index in [1.54, 1.807) is 0 Å². The summed E-state index contributed by atoms with van der Waals surface area (Å²) in [7, 11) is 0. The van der Waals surface area contributed by atoms with Gasteiger partial charge in [0.25, 0.3) is 0 Å². The van der Waals surface area contributed by atoms with Crippen LogP contribution in [-0.4, -0.2) is 25.2 Å². The van der Waals surface area contributed by atoms with Gasteiger partial charge in [-0.15, -0.1) is 0 Å². The molecule has 98 valence electrons. The molecule has 2 nitrogen and oxygen atoms in total. The minimum atomic E-state index is 0.564. The largest absolute Gasteiger partial charge is 0.365 e. The first-order chi connectivity index (χ1) is 8.65. The number of nitrogens with zero attached hydrogens (tertiary/aromatic N) is 1. The third-order valence-electron chi connectivity index (χ3n) is 4.01. The number of anilines is 1. The van der Waals surface area contributed by atoms with Crippen LogP contribution in [0, 0.1) is 9.49 Å². The van der Waals surface area contributed by atoms with Crippen molar-refractivity contribution in [2.75, 3.05) is 18.0 Å². The molecule has 0 amide bonds. The number of piperazine rings is 1. The molecule has 1 aliphatic carbocycles. The van der Waals surface area contributed by atoms with Crippen LogP contribution in [0.5, 0.6) is 0 Å². The van der Waals surface area contributed by atoms with E-state index in [2.05, 4.69) is 73.9 Å². The average molecular weight is 421 g/mol. The van der Waals surface area contributed by atoms with Crippen LogP contribution in [0.15, 0.2) is 22.7 Å². The van der Waals surface area contributed by atoms with E-state index in [9.17, 15) is 0 Å². The summed E-state index contributed by atoms with van der Waals surface area (Å²) in [5.41, 5.74) is 1.35. The van der Waals surface area contributed by atoms with Gasteiger partial charge in [-0.25, -0.2) is 0 Å². The van der Waals surface area contributed by atoms with Crippen molar-refractivity contribution in [1.29, 1.82) is 0 Å². The lowest BCUT2D eigenvalue weighted by Crippen LogP contribution is -2.56. The maximum atomic E-state index is 3.71. The summed E-state index contributed by atoms with van der Waals surface area (Å²) >= 11 is 6.09. The molecule has 1 heterocycles. The Bertz CT molecular complexity index is 447. The lowest BCUT2D eigenvalue weighted by molar-refractivity contribution is 0.375. The first kappa shape index (κ1) is 13.2. The minimum absolute atomic E-state index is 0.564. The van der Waals surface area contributed by atoms with Crippen LogP contribution < -0.4 is 10.2 Å². The average Bonchev–Trinajstić information content (AvgIpc) is 3.17. The fourth-order valence-corrected chi connectivity index (χ4v) is 3.69. The van der Waals surface area contributed by atoms with E-state index in [1.807, 2.05) is 0 Å². The first-order valence-electron chi connectivity index (χ1n) is 6.60. The lowest BCUT2D eigenvalue weighted by Gasteiger charge is -2.41. The molecule has 2 aliphatic rings. The van der Waals surface area contributed by atoms with Gasteiger partial charge in [-0.05, 0) is 82.4 Å². The number of halogens is 2. The zero-order valence-corrected chi connectivity index (χ0v) is 14.2. The number of rotatable bonds is 2. The van der Waals surface area contributed by atoms with Gasteiger partial charge in [0.1, 0.15) is 0 Å². The minimum Gasteiger partial charge on any atom is -0.365 e. The van der Waals surface area contributed by atoms with E-state index < -0.39 is 0 Å². The Morgan fingerprint density at radius 3 is 2.89 bits per heavy atom. The summed E-state index contributed by atoms with van der Waals surface area (Å²) in [6.07, 6.45) is 2.82. The van der Waals surface area contributed by atoms with E-state index in [0.29, 0.717) is 12.1 Å². The van der Waals surface area contributed by atoms with Gasteiger partial charge in [0, 0.05) is 33.2 Å². The van der Waals surface area contributed by atoms with E-state index in [4.69, 9.17) is 0 Å². The summed E-state index contributed by atoms with van der Waals surface area (Å²) in [4.78, 5) is 2.56. The maximum absolute atomic E-state index is 3.71. The smallest absolute Gasteiger partial charge is 0.0524 e. The van der Waals surface area contributed by atoms with E-state index in [0.717, 1.165) is 19.0 Å². The molecule has 0 aromatic heterocycles. The van der Waals surface area contributed by atoms with Crippen molar-refractivity contribution in [3.05, 3.63) is 26.2 Å².